The van der Waals surface area contributed by atoms with Gasteiger partial charge in [0.25, 0.3) is 0 Å². The van der Waals surface area contributed by atoms with Gasteiger partial charge in [-0.2, -0.15) is 0 Å². The van der Waals surface area contributed by atoms with Crippen molar-refractivity contribution in [2.45, 2.75) is 18.9 Å². The fraction of sp³-hybridized carbons (Fsp3) is 0.385. The van der Waals surface area contributed by atoms with Crippen LogP contribution in [0.4, 0.5) is 10.1 Å². The Morgan fingerprint density at radius 3 is 2.89 bits per heavy atom. The number of amides is 1. The lowest BCUT2D eigenvalue weighted by atomic mass is 10.1. The SMILES string of the molecule is COC(=O)c1cc(F)ccc1NC(=O)C1CCCN1. The number of benzene rings is 1. The first-order valence-electron chi connectivity index (χ1n) is 6.04. The van der Waals surface area contributed by atoms with Crippen LogP contribution in [0.1, 0.15) is 23.2 Å². The van der Waals surface area contributed by atoms with Crippen LogP contribution in [0.15, 0.2) is 18.2 Å². The molecule has 1 unspecified atom stereocenters. The molecule has 0 saturated carbocycles. The highest BCUT2D eigenvalue weighted by Gasteiger charge is 2.23. The second-order valence-corrected chi connectivity index (χ2v) is 4.32. The van der Waals surface area contributed by atoms with Crippen LogP contribution in [0, 0.1) is 5.82 Å². The van der Waals surface area contributed by atoms with E-state index in [-0.39, 0.29) is 23.2 Å². The van der Waals surface area contributed by atoms with Gasteiger partial charge < -0.3 is 15.4 Å². The molecule has 1 fully saturated rings. The number of halogens is 1. The summed E-state index contributed by atoms with van der Waals surface area (Å²) in [5, 5.41) is 5.67. The molecule has 0 radical (unpaired) electrons. The first-order chi connectivity index (χ1) is 9.11. The van der Waals surface area contributed by atoms with Gasteiger partial charge in [0, 0.05) is 0 Å². The molecule has 1 aromatic rings. The van der Waals surface area contributed by atoms with Gasteiger partial charge in [0.05, 0.1) is 24.4 Å². The van der Waals surface area contributed by atoms with E-state index in [1.165, 1.54) is 19.2 Å². The van der Waals surface area contributed by atoms with Crippen molar-refractivity contribution in [3.05, 3.63) is 29.6 Å². The van der Waals surface area contributed by atoms with Crippen molar-refractivity contribution in [2.24, 2.45) is 0 Å². The molecule has 6 heteroatoms. The highest BCUT2D eigenvalue weighted by atomic mass is 19.1. The van der Waals surface area contributed by atoms with E-state index in [1.807, 2.05) is 0 Å². The van der Waals surface area contributed by atoms with E-state index >= 15 is 0 Å². The monoisotopic (exact) mass is 266 g/mol. The molecule has 2 N–H and O–H groups in total. The van der Waals surface area contributed by atoms with Crippen molar-refractivity contribution in [2.75, 3.05) is 19.0 Å². The summed E-state index contributed by atoms with van der Waals surface area (Å²) in [4.78, 5) is 23.5. The Morgan fingerprint density at radius 1 is 1.47 bits per heavy atom. The highest BCUT2D eigenvalue weighted by Crippen LogP contribution is 2.19. The molecule has 19 heavy (non-hydrogen) atoms. The number of hydrogen-bond acceptors (Lipinski definition) is 4. The zero-order valence-electron chi connectivity index (χ0n) is 10.5. The van der Waals surface area contributed by atoms with Gasteiger partial charge in [0.1, 0.15) is 5.82 Å². The molecule has 1 aliphatic rings. The Labute approximate surface area is 110 Å². The maximum Gasteiger partial charge on any atom is 0.340 e. The Kier molecular flexibility index (Phi) is 4.11. The summed E-state index contributed by atoms with van der Waals surface area (Å²) >= 11 is 0. The lowest BCUT2D eigenvalue weighted by molar-refractivity contribution is -0.117. The standard InChI is InChI=1S/C13H15FN2O3/c1-19-13(18)9-7-8(14)4-5-10(9)16-12(17)11-3-2-6-15-11/h4-5,7,11,15H,2-3,6H2,1H3,(H,16,17). The van der Waals surface area contributed by atoms with Crippen LogP contribution in [-0.2, 0) is 9.53 Å². The number of nitrogens with one attached hydrogen (secondary N) is 2. The van der Waals surface area contributed by atoms with Gasteiger partial charge >= 0.3 is 5.97 Å². The third-order valence-electron chi connectivity index (χ3n) is 3.02. The number of carbonyl (C=O) groups excluding carboxylic acids is 2. The number of rotatable bonds is 3. The number of hydrogen-bond donors (Lipinski definition) is 2. The minimum absolute atomic E-state index is 0.00819. The Balaban J connectivity index is 2.19. The molecule has 2 rings (SSSR count). The molecule has 5 nitrogen and oxygen atoms in total. The number of ether oxygens (including phenoxy) is 1. The van der Waals surface area contributed by atoms with Gasteiger partial charge in [-0.15, -0.1) is 0 Å². The molecule has 0 bridgehead atoms. The molecule has 0 aliphatic carbocycles. The normalized spacial score (nSPS) is 18.1. The summed E-state index contributed by atoms with van der Waals surface area (Å²) in [5.74, 6) is -1.47. The van der Waals surface area contributed by atoms with Gasteiger partial charge in [0.2, 0.25) is 5.91 Å². The summed E-state index contributed by atoms with van der Waals surface area (Å²) in [7, 11) is 1.21. The Bertz CT molecular complexity index is 499. The van der Waals surface area contributed by atoms with Crippen molar-refractivity contribution < 1.29 is 18.7 Å². The van der Waals surface area contributed by atoms with Crippen LogP contribution in [0.3, 0.4) is 0 Å². The second-order valence-electron chi connectivity index (χ2n) is 4.32. The van der Waals surface area contributed by atoms with Crippen LogP contribution < -0.4 is 10.6 Å². The van der Waals surface area contributed by atoms with Gasteiger partial charge in [-0.1, -0.05) is 0 Å². The van der Waals surface area contributed by atoms with Crippen LogP contribution in [0.2, 0.25) is 0 Å². The van der Waals surface area contributed by atoms with Crippen molar-refractivity contribution in [3.63, 3.8) is 0 Å². The number of anilines is 1. The van der Waals surface area contributed by atoms with E-state index in [9.17, 15) is 14.0 Å². The second kappa shape index (κ2) is 5.79. The fourth-order valence-corrected chi connectivity index (χ4v) is 2.03. The van der Waals surface area contributed by atoms with Crippen molar-refractivity contribution in [1.82, 2.24) is 5.32 Å². The average Bonchev–Trinajstić information content (AvgIpc) is 2.94. The number of esters is 1. The molecule has 1 aromatic carbocycles. The highest BCUT2D eigenvalue weighted by molar-refractivity contribution is 6.02. The lowest BCUT2D eigenvalue weighted by Crippen LogP contribution is -2.35. The molecule has 0 aromatic heterocycles. The predicted octanol–water partition coefficient (Wildman–Crippen LogP) is 1.30. The van der Waals surface area contributed by atoms with E-state index in [1.54, 1.807) is 0 Å². The third-order valence-corrected chi connectivity index (χ3v) is 3.02. The van der Waals surface area contributed by atoms with E-state index in [0.29, 0.717) is 0 Å². The minimum Gasteiger partial charge on any atom is -0.465 e. The van der Waals surface area contributed by atoms with Crippen LogP contribution in [0.5, 0.6) is 0 Å². The first kappa shape index (κ1) is 13.5. The van der Waals surface area contributed by atoms with Gasteiger partial charge in [-0.05, 0) is 37.6 Å². The Hall–Kier alpha value is -1.95. The lowest BCUT2D eigenvalue weighted by Gasteiger charge is -2.13. The predicted molar refractivity (Wildman–Crippen MR) is 67.4 cm³/mol. The fourth-order valence-electron chi connectivity index (χ4n) is 2.03. The van der Waals surface area contributed by atoms with Crippen LogP contribution in [0.25, 0.3) is 0 Å². The molecule has 1 atom stereocenters. The molecular formula is C13H15FN2O3. The zero-order valence-corrected chi connectivity index (χ0v) is 10.5. The number of carbonyl (C=O) groups is 2. The summed E-state index contributed by atoms with van der Waals surface area (Å²) in [6.07, 6.45) is 1.69. The van der Waals surface area contributed by atoms with E-state index < -0.39 is 11.8 Å². The molecule has 1 amide bonds. The Morgan fingerprint density at radius 2 is 2.26 bits per heavy atom. The minimum atomic E-state index is -0.686. The molecule has 0 spiro atoms. The quantitative estimate of drug-likeness (QED) is 0.809. The van der Waals surface area contributed by atoms with Gasteiger partial charge in [-0.3, -0.25) is 4.79 Å². The molecule has 1 heterocycles. The molecule has 1 aliphatic heterocycles. The largest absolute Gasteiger partial charge is 0.465 e. The molecule has 1 saturated heterocycles. The molecular weight excluding hydrogens is 251 g/mol. The van der Waals surface area contributed by atoms with Gasteiger partial charge in [-0.25, -0.2) is 9.18 Å². The van der Waals surface area contributed by atoms with E-state index in [4.69, 9.17) is 0 Å². The zero-order chi connectivity index (χ0) is 13.8. The summed E-state index contributed by atoms with van der Waals surface area (Å²) < 4.78 is 17.7. The first-order valence-corrected chi connectivity index (χ1v) is 6.04. The van der Waals surface area contributed by atoms with E-state index in [0.717, 1.165) is 25.5 Å². The van der Waals surface area contributed by atoms with Crippen molar-refractivity contribution >= 4 is 17.6 Å². The van der Waals surface area contributed by atoms with Crippen LogP contribution >= 0.6 is 0 Å². The molecule has 102 valence electrons. The maximum atomic E-state index is 13.1. The third kappa shape index (κ3) is 3.08. The average molecular weight is 266 g/mol. The topological polar surface area (TPSA) is 67.4 Å². The summed E-state index contributed by atoms with van der Waals surface area (Å²) in [6, 6.07) is 3.32. The maximum absolute atomic E-state index is 13.1. The summed E-state index contributed by atoms with van der Waals surface area (Å²) in [6.45, 7) is 0.797. The van der Waals surface area contributed by atoms with Crippen molar-refractivity contribution in [3.8, 4) is 0 Å². The smallest absolute Gasteiger partial charge is 0.340 e. The van der Waals surface area contributed by atoms with Gasteiger partial charge in [0.15, 0.2) is 0 Å². The van der Waals surface area contributed by atoms with E-state index in [2.05, 4.69) is 15.4 Å². The summed E-state index contributed by atoms with van der Waals surface area (Å²) in [5.41, 5.74) is 0.265. The number of methoxy groups -OCH3 is 1. The van der Waals surface area contributed by atoms with Crippen molar-refractivity contribution in [1.29, 1.82) is 0 Å². The van der Waals surface area contributed by atoms with Crippen LogP contribution in [-0.4, -0.2) is 31.6 Å².